The minimum Gasteiger partial charge on any atom is -0.487 e. The zero-order chi connectivity index (χ0) is 15.4. The van der Waals surface area contributed by atoms with Gasteiger partial charge in [0, 0.05) is 21.5 Å². The highest BCUT2D eigenvalue weighted by molar-refractivity contribution is 7.14. The first-order chi connectivity index (χ1) is 10.0. The lowest BCUT2D eigenvalue weighted by Crippen LogP contribution is -2.29. The molecule has 0 fully saturated rings. The Hall–Kier alpha value is -2.07. The first-order valence-corrected chi connectivity index (χ1v) is 7.17. The molecule has 1 amide bonds. The van der Waals surface area contributed by atoms with Crippen LogP contribution in [-0.2, 0) is 6.61 Å². The van der Waals surface area contributed by atoms with Crippen LogP contribution in [0.3, 0.4) is 0 Å². The highest BCUT2D eigenvalue weighted by Gasteiger charge is 2.12. The zero-order valence-corrected chi connectivity index (χ0v) is 12.7. The van der Waals surface area contributed by atoms with Gasteiger partial charge in [-0.05, 0) is 25.1 Å². The molecule has 2 aromatic rings. The summed E-state index contributed by atoms with van der Waals surface area (Å²) in [5.41, 5.74) is 3.36. The number of halogens is 1. The minimum absolute atomic E-state index is 0.245. The van der Waals surface area contributed by atoms with Crippen molar-refractivity contribution in [3.05, 3.63) is 50.2 Å². The average Bonchev–Trinajstić information content (AvgIpc) is 2.85. The van der Waals surface area contributed by atoms with E-state index in [1.165, 1.54) is 11.3 Å². The lowest BCUT2D eigenvalue weighted by molar-refractivity contribution is 0.0957. The summed E-state index contributed by atoms with van der Waals surface area (Å²) in [5, 5.41) is 9.53. The number of nitriles is 1. The third-order valence-corrected chi connectivity index (χ3v) is 4.15. The standard InChI is InChI=1S/C14H12ClN3O2S/c1-8-10(4-13(21-8)14(19)18-17)7-20-12-5-11(15)3-2-9(12)6-16/h2-5H,7,17H2,1H3,(H,18,19). The number of aryl methyl sites for hydroxylation is 1. The van der Waals surface area contributed by atoms with Crippen molar-refractivity contribution in [2.24, 2.45) is 5.84 Å². The highest BCUT2D eigenvalue weighted by Crippen LogP contribution is 2.26. The number of hydrogen-bond acceptors (Lipinski definition) is 5. The molecule has 0 spiro atoms. The fraction of sp³-hybridized carbons (Fsp3) is 0.143. The van der Waals surface area contributed by atoms with Crippen LogP contribution < -0.4 is 16.0 Å². The van der Waals surface area contributed by atoms with Gasteiger partial charge < -0.3 is 4.74 Å². The monoisotopic (exact) mass is 321 g/mol. The van der Waals surface area contributed by atoms with Crippen LogP contribution in [0.15, 0.2) is 24.3 Å². The Balaban J connectivity index is 2.17. The summed E-state index contributed by atoms with van der Waals surface area (Å²) in [5.74, 6) is 5.19. The van der Waals surface area contributed by atoms with Gasteiger partial charge in [-0.15, -0.1) is 11.3 Å². The highest BCUT2D eigenvalue weighted by atomic mass is 35.5. The van der Waals surface area contributed by atoms with Gasteiger partial charge in [-0.2, -0.15) is 5.26 Å². The number of nitrogens with two attached hydrogens (primary N) is 1. The van der Waals surface area contributed by atoms with Crippen molar-refractivity contribution >= 4 is 28.8 Å². The van der Waals surface area contributed by atoms with E-state index in [9.17, 15) is 4.79 Å². The number of thiophene rings is 1. The largest absolute Gasteiger partial charge is 0.487 e. The van der Waals surface area contributed by atoms with Crippen molar-refractivity contribution in [2.45, 2.75) is 13.5 Å². The lowest BCUT2D eigenvalue weighted by atomic mass is 10.2. The number of carbonyl (C=O) groups is 1. The number of benzene rings is 1. The molecule has 3 N–H and O–H groups in total. The fourth-order valence-corrected chi connectivity index (χ4v) is 2.80. The molecule has 0 aliphatic heterocycles. The summed E-state index contributed by atoms with van der Waals surface area (Å²) in [6.07, 6.45) is 0. The van der Waals surface area contributed by atoms with E-state index < -0.39 is 0 Å². The molecule has 1 heterocycles. The Kier molecular flexibility index (Phi) is 4.81. The number of ether oxygens (including phenoxy) is 1. The van der Waals surface area contributed by atoms with Crippen molar-refractivity contribution < 1.29 is 9.53 Å². The Morgan fingerprint density at radius 1 is 1.52 bits per heavy atom. The molecule has 0 radical (unpaired) electrons. The number of hydrogen-bond donors (Lipinski definition) is 2. The second-order valence-electron chi connectivity index (χ2n) is 4.21. The van der Waals surface area contributed by atoms with Gasteiger partial charge in [0.25, 0.3) is 5.91 Å². The number of hydrazine groups is 1. The number of nitrogen functional groups attached to an aromatic ring is 1. The van der Waals surface area contributed by atoms with Crippen molar-refractivity contribution in [2.75, 3.05) is 0 Å². The maximum atomic E-state index is 11.5. The Morgan fingerprint density at radius 2 is 2.29 bits per heavy atom. The predicted octanol–water partition coefficient (Wildman–Crippen LogP) is 2.76. The van der Waals surface area contributed by atoms with Crippen LogP contribution in [0.1, 0.15) is 25.7 Å². The number of nitrogens with one attached hydrogen (secondary N) is 1. The normalized spacial score (nSPS) is 10.0. The summed E-state index contributed by atoms with van der Waals surface area (Å²) in [6.45, 7) is 2.13. The van der Waals surface area contributed by atoms with Gasteiger partial charge in [-0.25, -0.2) is 5.84 Å². The van der Waals surface area contributed by atoms with Crippen molar-refractivity contribution in [3.8, 4) is 11.8 Å². The quantitative estimate of drug-likeness (QED) is 0.515. The van der Waals surface area contributed by atoms with Gasteiger partial charge in [0.1, 0.15) is 18.4 Å². The van der Waals surface area contributed by atoms with E-state index >= 15 is 0 Å². The molecule has 0 saturated heterocycles. The van der Waals surface area contributed by atoms with Crippen LogP contribution in [0, 0.1) is 18.3 Å². The molecule has 1 aromatic heterocycles. The molecule has 0 aliphatic rings. The summed E-state index contributed by atoms with van der Waals surface area (Å²) < 4.78 is 5.64. The third-order valence-electron chi connectivity index (χ3n) is 2.82. The van der Waals surface area contributed by atoms with E-state index in [4.69, 9.17) is 27.4 Å². The first-order valence-electron chi connectivity index (χ1n) is 5.98. The number of rotatable bonds is 4. The SMILES string of the molecule is Cc1sc(C(=O)NN)cc1COc1cc(Cl)ccc1C#N. The van der Waals surface area contributed by atoms with Crippen molar-refractivity contribution in [3.63, 3.8) is 0 Å². The molecule has 0 aliphatic carbocycles. The third kappa shape index (κ3) is 3.52. The maximum Gasteiger partial charge on any atom is 0.275 e. The van der Waals surface area contributed by atoms with Gasteiger partial charge >= 0.3 is 0 Å². The van der Waals surface area contributed by atoms with Crippen LogP contribution in [-0.4, -0.2) is 5.91 Å². The van der Waals surface area contributed by atoms with Gasteiger partial charge in [-0.3, -0.25) is 10.2 Å². The van der Waals surface area contributed by atoms with E-state index in [0.29, 0.717) is 21.2 Å². The fourth-order valence-electron chi connectivity index (χ4n) is 1.71. The van der Waals surface area contributed by atoms with Crippen LogP contribution in [0.5, 0.6) is 5.75 Å². The van der Waals surface area contributed by atoms with Gasteiger partial charge in [0.2, 0.25) is 0 Å². The van der Waals surface area contributed by atoms with Crippen molar-refractivity contribution in [1.29, 1.82) is 5.26 Å². The summed E-state index contributed by atoms with van der Waals surface area (Å²) in [6, 6.07) is 8.59. The van der Waals surface area contributed by atoms with Crippen LogP contribution in [0.4, 0.5) is 0 Å². The topological polar surface area (TPSA) is 88.1 Å². The molecule has 0 unspecified atom stereocenters. The lowest BCUT2D eigenvalue weighted by Gasteiger charge is -2.07. The Labute approximate surface area is 130 Å². The van der Waals surface area contributed by atoms with Gasteiger partial charge in [-0.1, -0.05) is 11.6 Å². The molecule has 2 rings (SSSR count). The predicted molar refractivity (Wildman–Crippen MR) is 81.2 cm³/mol. The zero-order valence-electron chi connectivity index (χ0n) is 11.1. The van der Waals surface area contributed by atoms with Crippen LogP contribution in [0.2, 0.25) is 5.02 Å². The average molecular weight is 322 g/mol. The maximum absolute atomic E-state index is 11.5. The summed E-state index contributed by atoms with van der Waals surface area (Å²) in [4.78, 5) is 12.9. The smallest absolute Gasteiger partial charge is 0.275 e. The van der Waals surface area contributed by atoms with Crippen LogP contribution in [0.25, 0.3) is 0 Å². The molecule has 7 heteroatoms. The second kappa shape index (κ2) is 6.59. The van der Waals surface area contributed by atoms with E-state index in [1.807, 2.05) is 13.0 Å². The second-order valence-corrected chi connectivity index (χ2v) is 5.90. The molecular weight excluding hydrogens is 310 g/mol. The van der Waals surface area contributed by atoms with E-state index in [-0.39, 0.29) is 12.5 Å². The summed E-state index contributed by atoms with van der Waals surface area (Å²) in [7, 11) is 0. The molecule has 5 nitrogen and oxygen atoms in total. The number of carbonyl (C=O) groups excluding carboxylic acids is 1. The first kappa shape index (κ1) is 15.3. The summed E-state index contributed by atoms with van der Waals surface area (Å²) >= 11 is 7.23. The van der Waals surface area contributed by atoms with Crippen LogP contribution >= 0.6 is 22.9 Å². The van der Waals surface area contributed by atoms with Crippen molar-refractivity contribution in [1.82, 2.24) is 5.43 Å². The van der Waals surface area contributed by atoms with Gasteiger partial charge in [0.15, 0.2) is 0 Å². The molecule has 108 valence electrons. The molecule has 21 heavy (non-hydrogen) atoms. The number of amides is 1. The van der Waals surface area contributed by atoms with E-state index in [2.05, 4.69) is 5.43 Å². The van der Waals surface area contributed by atoms with E-state index in [0.717, 1.165) is 10.4 Å². The minimum atomic E-state index is -0.338. The Bertz CT molecular complexity index is 721. The molecule has 0 bridgehead atoms. The molecular formula is C14H12ClN3O2S. The Morgan fingerprint density at radius 3 is 2.95 bits per heavy atom. The van der Waals surface area contributed by atoms with E-state index in [1.54, 1.807) is 24.3 Å². The van der Waals surface area contributed by atoms with Gasteiger partial charge in [0.05, 0.1) is 10.4 Å². The molecule has 0 atom stereocenters. The molecule has 0 saturated carbocycles. The number of nitrogens with zero attached hydrogens (tertiary/aromatic N) is 1. The molecule has 1 aromatic carbocycles.